The van der Waals surface area contributed by atoms with Gasteiger partial charge in [0.25, 0.3) is 5.56 Å². The smallest absolute Gasteiger partial charge is 0.338 e. The molecule has 9 heteroatoms. The third-order valence-electron chi connectivity index (χ3n) is 6.75. The van der Waals surface area contributed by atoms with Gasteiger partial charge in [0.15, 0.2) is 16.3 Å². The van der Waals surface area contributed by atoms with Crippen LogP contribution < -0.4 is 29.1 Å². The molecule has 206 valence electrons. The Morgan fingerprint density at radius 1 is 1.00 bits per heavy atom. The van der Waals surface area contributed by atoms with E-state index in [1.807, 2.05) is 55.5 Å². The molecule has 0 saturated carbocycles. The number of benzene rings is 3. The standard InChI is InChI=1S/C31H30N2O6S/c1-6-38-25-16-20(13-15-24(25)37-5)28-27(30(35)39-7-2)18(3)32-31-33(28)29(34)26(40-31)17-22-21-11-9-8-10-19(21)12-14-23(22)36-4/h8-17,28H,6-7H2,1-5H3/b26-17+/t28-/m1/s1. The first kappa shape index (κ1) is 27.2. The van der Waals surface area contributed by atoms with Gasteiger partial charge in [0.1, 0.15) is 5.75 Å². The van der Waals surface area contributed by atoms with Crippen LogP contribution in [0.1, 0.15) is 37.9 Å². The fraction of sp³-hybridized carbons (Fsp3) is 0.258. The third kappa shape index (κ3) is 4.77. The van der Waals surface area contributed by atoms with E-state index >= 15 is 0 Å². The molecule has 0 aliphatic carbocycles. The molecule has 0 radical (unpaired) electrons. The highest BCUT2D eigenvalue weighted by atomic mass is 32.1. The highest BCUT2D eigenvalue weighted by Gasteiger charge is 2.34. The second kappa shape index (κ2) is 11.4. The van der Waals surface area contributed by atoms with E-state index in [4.69, 9.17) is 18.9 Å². The molecular weight excluding hydrogens is 528 g/mol. The SMILES string of the molecule is CCOC(=O)C1=C(C)N=c2s/c(=C/c3c(OC)ccc4ccccc34)c(=O)n2[C@@H]1c1ccc(OC)c(OCC)c1. The van der Waals surface area contributed by atoms with E-state index in [9.17, 15) is 9.59 Å². The van der Waals surface area contributed by atoms with E-state index in [1.165, 1.54) is 11.3 Å². The number of hydrogen-bond donors (Lipinski definition) is 0. The minimum atomic E-state index is -0.767. The van der Waals surface area contributed by atoms with E-state index in [0.717, 1.165) is 16.3 Å². The van der Waals surface area contributed by atoms with Gasteiger partial charge in [-0.15, -0.1) is 0 Å². The summed E-state index contributed by atoms with van der Waals surface area (Å²) in [6, 6.07) is 16.5. The van der Waals surface area contributed by atoms with Crippen molar-refractivity contribution in [2.75, 3.05) is 27.4 Å². The maximum Gasteiger partial charge on any atom is 0.338 e. The van der Waals surface area contributed by atoms with Crippen LogP contribution in [0.5, 0.6) is 17.2 Å². The Kier molecular flexibility index (Phi) is 7.75. The highest BCUT2D eigenvalue weighted by molar-refractivity contribution is 7.07. The summed E-state index contributed by atoms with van der Waals surface area (Å²) in [7, 11) is 3.17. The summed E-state index contributed by atoms with van der Waals surface area (Å²) in [6.45, 7) is 6.01. The first-order chi connectivity index (χ1) is 19.4. The lowest BCUT2D eigenvalue weighted by atomic mass is 9.95. The molecule has 0 saturated heterocycles. The van der Waals surface area contributed by atoms with Crippen LogP contribution in [0.2, 0.25) is 0 Å². The number of fused-ring (bicyclic) bond motifs is 2. The van der Waals surface area contributed by atoms with Crippen molar-refractivity contribution in [2.24, 2.45) is 4.99 Å². The van der Waals surface area contributed by atoms with Crippen LogP contribution in [0.4, 0.5) is 0 Å². The minimum absolute atomic E-state index is 0.195. The van der Waals surface area contributed by atoms with Crippen molar-refractivity contribution in [3.8, 4) is 17.2 Å². The summed E-state index contributed by atoms with van der Waals surface area (Å²) in [5.41, 5.74) is 2.00. The Hall–Kier alpha value is -4.37. The van der Waals surface area contributed by atoms with Crippen molar-refractivity contribution in [3.05, 3.63) is 96.7 Å². The molecule has 0 spiro atoms. The molecule has 4 aromatic rings. The molecule has 3 aromatic carbocycles. The number of nitrogens with zero attached hydrogens (tertiary/aromatic N) is 2. The van der Waals surface area contributed by atoms with Crippen LogP contribution >= 0.6 is 11.3 Å². The van der Waals surface area contributed by atoms with Crippen molar-refractivity contribution in [1.29, 1.82) is 0 Å². The monoisotopic (exact) mass is 558 g/mol. The third-order valence-corrected chi connectivity index (χ3v) is 7.73. The summed E-state index contributed by atoms with van der Waals surface area (Å²) in [5, 5.41) is 1.99. The molecule has 0 fully saturated rings. The first-order valence-corrected chi connectivity index (χ1v) is 13.8. The molecule has 1 aliphatic rings. The second-order valence-corrected chi connectivity index (χ2v) is 10.1. The van der Waals surface area contributed by atoms with Crippen molar-refractivity contribution in [1.82, 2.24) is 4.57 Å². The molecule has 0 unspecified atom stereocenters. The first-order valence-electron chi connectivity index (χ1n) is 13.0. The Bertz CT molecular complexity index is 1820. The molecule has 0 N–H and O–H groups in total. The topological polar surface area (TPSA) is 88.4 Å². The zero-order chi connectivity index (χ0) is 28.4. The van der Waals surface area contributed by atoms with Gasteiger partial charge in [-0.25, -0.2) is 9.79 Å². The maximum atomic E-state index is 14.1. The average molecular weight is 559 g/mol. The number of rotatable bonds is 8. The summed E-state index contributed by atoms with van der Waals surface area (Å²) >= 11 is 1.27. The van der Waals surface area contributed by atoms with Crippen LogP contribution in [-0.4, -0.2) is 38.0 Å². The summed E-state index contributed by atoms with van der Waals surface area (Å²) in [6.07, 6.45) is 1.84. The van der Waals surface area contributed by atoms with Crippen LogP contribution in [0, 0.1) is 0 Å². The predicted molar refractivity (Wildman–Crippen MR) is 155 cm³/mol. The molecule has 1 aliphatic heterocycles. The van der Waals surface area contributed by atoms with E-state index in [2.05, 4.69) is 4.99 Å². The van der Waals surface area contributed by atoms with E-state index < -0.39 is 12.0 Å². The van der Waals surface area contributed by atoms with Crippen molar-refractivity contribution in [3.63, 3.8) is 0 Å². The van der Waals surface area contributed by atoms with Gasteiger partial charge in [-0.1, -0.05) is 47.7 Å². The zero-order valence-corrected chi connectivity index (χ0v) is 23.8. The number of allylic oxidation sites excluding steroid dienone is 1. The van der Waals surface area contributed by atoms with Crippen LogP contribution in [0.25, 0.3) is 16.8 Å². The fourth-order valence-corrected chi connectivity index (χ4v) is 6.00. The quantitative estimate of drug-likeness (QED) is 0.299. The molecule has 2 heterocycles. The number of carbonyl (C=O) groups is 1. The summed E-state index contributed by atoms with van der Waals surface area (Å²) < 4.78 is 24.4. The van der Waals surface area contributed by atoms with Gasteiger partial charge >= 0.3 is 5.97 Å². The Labute approximate surface area is 235 Å². The number of hydrogen-bond acceptors (Lipinski definition) is 8. The lowest BCUT2D eigenvalue weighted by molar-refractivity contribution is -0.139. The van der Waals surface area contributed by atoms with Crippen LogP contribution in [-0.2, 0) is 9.53 Å². The van der Waals surface area contributed by atoms with Gasteiger partial charge in [-0.3, -0.25) is 9.36 Å². The number of esters is 1. The molecular formula is C31H30N2O6S. The number of methoxy groups -OCH3 is 2. The molecule has 0 amide bonds. The van der Waals surface area contributed by atoms with Crippen LogP contribution in [0.15, 0.2) is 75.7 Å². The van der Waals surface area contributed by atoms with Crippen molar-refractivity contribution >= 4 is 34.2 Å². The lowest BCUT2D eigenvalue weighted by Crippen LogP contribution is -2.40. The van der Waals surface area contributed by atoms with Gasteiger partial charge in [0, 0.05) is 5.56 Å². The normalized spacial score (nSPS) is 15.0. The largest absolute Gasteiger partial charge is 0.496 e. The Morgan fingerprint density at radius 2 is 1.75 bits per heavy atom. The minimum Gasteiger partial charge on any atom is -0.496 e. The van der Waals surface area contributed by atoms with Gasteiger partial charge in [-0.2, -0.15) is 0 Å². The van der Waals surface area contributed by atoms with Crippen molar-refractivity contribution in [2.45, 2.75) is 26.8 Å². The average Bonchev–Trinajstić information content (AvgIpc) is 3.26. The van der Waals surface area contributed by atoms with Gasteiger partial charge in [-0.05, 0) is 61.4 Å². The van der Waals surface area contributed by atoms with Crippen molar-refractivity contribution < 1.29 is 23.7 Å². The Morgan fingerprint density at radius 3 is 2.48 bits per heavy atom. The lowest BCUT2D eigenvalue weighted by Gasteiger charge is -2.25. The summed E-state index contributed by atoms with van der Waals surface area (Å²) in [5.74, 6) is 1.20. The molecule has 8 nitrogen and oxygen atoms in total. The van der Waals surface area contributed by atoms with Gasteiger partial charge in [0.2, 0.25) is 0 Å². The number of carbonyl (C=O) groups excluding carboxylic acids is 1. The summed E-state index contributed by atoms with van der Waals surface area (Å²) in [4.78, 5) is 32.5. The van der Waals surface area contributed by atoms with E-state index in [0.29, 0.717) is 50.0 Å². The molecule has 1 atom stereocenters. The van der Waals surface area contributed by atoms with E-state index in [1.54, 1.807) is 44.8 Å². The molecule has 1 aromatic heterocycles. The van der Waals surface area contributed by atoms with Gasteiger partial charge < -0.3 is 18.9 Å². The number of aromatic nitrogens is 1. The number of thiazole rings is 1. The zero-order valence-electron chi connectivity index (χ0n) is 23.0. The molecule has 5 rings (SSSR count). The number of ether oxygens (including phenoxy) is 4. The van der Waals surface area contributed by atoms with Crippen LogP contribution in [0.3, 0.4) is 0 Å². The Balaban J connectivity index is 1.78. The molecule has 0 bridgehead atoms. The maximum absolute atomic E-state index is 14.1. The van der Waals surface area contributed by atoms with Gasteiger partial charge in [0.05, 0.1) is 49.3 Å². The predicted octanol–water partition coefficient (Wildman–Crippen LogP) is 4.37. The van der Waals surface area contributed by atoms with E-state index in [-0.39, 0.29) is 12.2 Å². The second-order valence-electron chi connectivity index (χ2n) is 9.05. The fourth-order valence-electron chi connectivity index (χ4n) is 4.97. The highest BCUT2D eigenvalue weighted by Crippen LogP contribution is 2.36. The molecule has 40 heavy (non-hydrogen) atoms.